The molecule has 1 fully saturated rings. The van der Waals surface area contributed by atoms with Crippen LogP contribution in [-0.4, -0.2) is 60.1 Å². The van der Waals surface area contributed by atoms with Gasteiger partial charge in [-0.05, 0) is 32.8 Å². The van der Waals surface area contributed by atoms with Gasteiger partial charge in [-0.3, -0.25) is 4.79 Å². The molecule has 0 saturated carbocycles. The maximum absolute atomic E-state index is 12.8. The van der Waals surface area contributed by atoms with Crippen molar-refractivity contribution in [3.05, 3.63) is 35.2 Å². The highest BCUT2D eigenvalue weighted by Gasteiger charge is 2.21. The Hall–Kier alpha value is -2.19. The van der Waals surface area contributed by atoms with Gasteiger partial charge in [0, 0.05) is 31.5 Å². The molecule has 1 atom stereocenters. The molecular formula is C22H31N3O4S. The van der Waals surface area contributed by atoms with Gasteiger partial charge < -0.3 is 23.7 Å². The monoisotopic (exact) mass is 433 g/mol. The lowest BCUT2D eigenvalue weighted by Crippen LogP contribution is -2.28. The van der Waals surface area contributed by atoms with Gasteiger partial charge in [-0.25, -0.2) is 4.98 Å². The lowest BCUT2D eigenvalue weighted by molar-refractivity contribution is -0.127. The fourth-order valence-electron chi connectivity index (χ4n) is 3.60. The summed E-state index contributed by atoms with van der Waals surface area (Å²) in [4.78, 5) is 19.2. The number of carbonyl (C=O) groups excluding carboxylic acids is 1. The Bertz CT molecular complexity index is 878. The van der Waals surface area contributed by atoms with E-state index in [1.165, 1.54) is 11.8 Å². The van der Waals surface area contributed by atoms with Crippen molar-refractivity contribution in [3.8, 4) is 11.5 Å². The van der Waals surface area contributed by atoms with E-state index in [-0.39, 0.29) is 12.0 Å². The number of ether oxygens (including phenoxy) is 3. The van der Waals surface area contributed by atoms with Crippen LogP contribution in [0.15, 0.2) is 23.4 Å². The molecule has 0 unspecified atom stereocenters. The molecule has 0 spiro atoms. The van der Waals surface area contributed by atoms with Crippen LogP contribution in [0.2, 0.25) is 0 Å². The fraction of sp³-hybridized carbons (Fsp3) is 0.545. The number of aromatic nitrogens is 2. The zero-order valence-corrected chi connectivity index (χ0v) is 19.3. The van der Waals surface area contributed by atoms with E-state index >= 15 is 0 Å². The maximum atomic E-state index is 12.8. The van der Waals surface area contributed by atoms with E-state index in [9.17, 15) is 4.79 Å². The number of rotatable bonds is 9. The van der Waals surface area contributed by atoms with Crippen LogP contribution in [0.5, 0.6) is 11.5 Å². The summed E-state index contributed by atoms with van der Waals surface area (Å²) in [7, 11) is 5.02. The number of aryl methyl sites for hydroxylation is 1. The molecule has 2 heterocycles. The highest BCUT2D eigenvalue weighted by molar-refractivity contribution is 7.99. The van der Waals surface area contributed by atoms with Gasteiger partial charge in [0.2, 0.25) is 5.91 Å². The normalized spacial score (nSPS) is 16.0. The number of hydrogen-bond acceptors (Lipinski definition) is 6. The van der Waals surface area contributed by atoms with Gasteiger partial charge >= 0.3 is 0 Å². The molecule has 1 amide bonds. The highest BCUT2D eigenvalue weighted by Crippen LogP contribution is 2.31. The number of nitrogens with zero attached hydrogens (tertiary/aromatic N) is 3. The van der Waals surface area contributed by atoms with Crippen LogP contribution >= 0.6 is 11.8 Å². The third-order valence-corrected chi connectivity index (χ3v) is 6.44. The number of methoxy groups -OCH3 is 2. The molecule has 1 aromatic carbocycles. The first kappa shape index (κ1) is 22.5. The molecule has 7 nitrogen and oxygen atoms in total. The van der Waals surface area contributed by atoms with Crippen molar-refractivity contribution in [1.29, 1.82) is 0 Å². The van der Waals surface area contributed by atoms with E-state index < -0.39 is 0 Å². The van der Waals surface area contributed by atoms with Gasteiger partial charge in [0.25, 0.3) is 0 Å². The van der Waals surface area contributed by atoms with Gasteiger partial charge in [-0.15, -0.1) is 0 Å². The molecule has 0 N–H and O–H groups in total. The van der Waals surface area contributed by atoms with Crippen molar-refractivity contribution in [2.45, 2.75) is 51.0 Å². The first-order valence-electron chi connectivity index (χ1n) is 10.2. The molecule has 1 aromatic heterocycles. The van der Waals surface area contributed by atoms with E-state index in [4.69, 9.17) is 14.2 Å². The maximum Gasteiger partial charge on any atom is 0.233 e. The summed E-state index contributed by atoms with van der Waals surface area (Å²) in [5.41, 5.74) is 3.04. The van der Waals surface area contributed by atoms with Crippen molar-refractivity contribution >= 4 is 17.7 Å². The van der Waals surface area contributed by atoms with Crippen molar-refractivity contribution in [1.82, 2.24) is 14.5 Å². The summed E-state index contributed by atoms with van der Waals surface area (Å²) in [6.45, 7) is 6.15. The van der Waals surface area contributed by atoms with E-state index in [0.717, 1.165) is 48.1 Å². The number of thioether (sulfide) groups is 1. The van der Waals surface area contributed by atoms with E-state index in [1.54, 1.807) is 26.2 Å². The quantitative estimate of drug-likeness (QED) is 0.565. The largest absolute Gasteiger partial charge is 0.493 e. The van der Waals surface area contributed by atoms with Crippen LogP contribution in [0.4, 0.5) is 0 Å². The molecule has 0 aliphatic carbocycles. The third kappa shape index (κ3) is 5.10. The zero-order valence-electron chi connectivity index (χ0n) is 18.4. The van der Waals surface area contributed by atoms with Gasteiger partial charge in [-0.1, -0.05) is 23.9 Å². The average molecular weight is 434 g/mol. The molecule has 0 radical (unpaired) electrons. The van der Waals surface area contributed by atoms with Crippen LogP contribution in [-0.2, 0) is 22.6 Å². The van der Waals surface area contributed by atoms with E-state index in [0.29, 0.717) is 23.8 Å². The molecule has 3 rings (SSSR count). The van der Waals surface area contributed by atoms with Crippen LogP contribution in [0.1, 0.15) is 29.8 Å². The summed E-state index contributed by atoms with van der Waals surface area (Å²) in [5.74, 6) is 1.68. The molecule has 1 aliphatic heterocycles. The Balaban J connectivity index is 1.64. The number of para-hydroxylation sites is 1. The van der Waals surface area contributed by atoms with E-state index in [2.05, 4.69) is 16.5 Å². The average Bonchev–Trinajstić information content (AvgIpc) is 3.35. The van der Waals surface area contributed by atoms with E-state index in [1.807, 2.05) is 25.1 Å². The van der Waals surface area contributed by atoms with Crippen LogP contribution in [0.3, 0.4) is 0 Å². The van der Waals surface area contributed by atoms with Crippen LogP contribution in [0, 0.1) is 13.8 Å². The molecule has 8 heteroatoms. The molecule has 1 saturated heterocycles. The van der Waals surface area contributed by atoms with Gasteiger partial charge in [-0.2, -0.15) is 0 Å². The predicted octanol–water partition coefficient (Wildman–Crippen LogP) is 3.45. The van der Waals surface area contributed by atoms with Gasteiger partial charge in [0.15, 0.2) is 16.7 Å². The Labute approximate surface area is 182 Å². The minimum Gasteiger partial charge on any atom is -0.493 e. The SMILES string of the molecule is COc1cccc(CN(C)C(=O)CSc2nc(C)c(C)n2C[C@H]2CCCO2)c1OC. The Morgan fingerprint density at radius 3 is 2.80 bits per heavy atom. The molecule has 164 valence electrons. The second kappa shape index (κ2) is 10.2. The topological polar surface area (TPSA) is 65.8 Å². The third-order valence-electron chi connectivity index (χ3n) is 5.48. The number of imidazole rings is 1. The highest BCUT2D eigenvalue weighted by atomic mass is 32.2. The first-order chi connectivity index (χ1) is 14.4. The van der Waals surface area contributed by atoms with Crippen molar-refractivity contribution in [2.24, 2.45) is 0 Å². The molecule has 0 bridgehead atoms. The zero-order chi connectivity index (χ0) is 21.7. The van der Waals surface area contributed by atoms with Crippen molar-refractivity contribution in [3.63, 3.8) is 0 Å². The lowest BCUT2D eigenvalue weighted by atomic mass is 10.1. The van der Waals surface area contributed by atoms with Crippen LogP contribution < -0.4 is 9.47 Å². The Kier molecular flexibility index (Phi) is 7.66. The summed E-state index contributed by atoms with van der Waals surface area (Å²) < 4.78 is 18.8. The minimum atomic E-state index is 0.0341. The summed E-state index contributed by atoms with van der Waals surface area (Å²) in [5, 5.41) is 0.876. The van der Waals surface area contributed by atoms with Crippen molar-refractivity contribution < 1.29 is 19.0 Å². The second-order valence-electron chi connectivity index (χ2n) is 7.50. The number of benzene rings is 1. The molecule has 30 heavy (non-hydrogen) atoms. The second-order valence-corrected chi connectivity index (χ2v) is 8.44. The molecule has 1 aliphatic rings. The number of amides is 1. The lowest BCUT2D eigenvalue weighted by Gasteiger charge is -2.20. The first-order valence-corrected chi connectivity index (χ1v) is 11.1. The van der Waals surface area contributed by atoms with Gasteiger partial charge in [0.05, 0.1) is 38.3 Å². The fourth-order valence-corrected chi connectivity index (χ4v) is 4.64. The Morgan fingerprint density at radius 1 is 1.33 bits per heavy atom. The number of hydrogen-bond donors (Lipinski definition) is 0. The summed E-state index contributed by atoms with van der Waals surface area (Å²) >= 11 is 1.48. The predicted molar refractivity (Wildman–Crippen MR) is 117 cm³/mol. The minimum absolute atomic E-state index is 0.0341. The standard InChI is InChI=1S/C22H31N3O4S/c1-15-16(2)25(13-18-9-7-11-29-18)22(23-15)30-14-20(26)24(3)12-17-8-6-10-19(27-4)21(17)28-5/h6,8,10,18H,7,9,11-14H2,1-5H3/t18-/m1/s1. The van der Waals surface area contributed by atoms with Crippen molar-refractivity contribution in [2.75, 3.05) is 33.6 Å². The number of carbonyl (C=O) groups is 1. The summed E-state index contributed by atoms with van der Waals surface area (Å²) in [6, 6.07) is 5.69. The van der Waals surface area contributed by atoms with Gasteiger partial charge in [0.1, 0.15) is 0 Å². The Morgan fingerprint density at radius 2 is 2.13 bits per heavy atom. The molecule has 2 aromatic rings. The smallest absolute Gasteiger partial charge is 0.233 e. The molecular weight excluding hydrogens is 402 g/mol. The van der Waals surface area contributed by atoms with Crippen LogP contribution in [0.25, 0.3) is 0 Å². The summed E-state index contributed by atoms with van der Waals surface area (Å²) in [6.07, 6.45) is 2.41.